The van der Waals surface area contributed by atoms with Gasteiger partial charge in [0.25, 0.3) is 23.6 Å². The van der Waals surface area contributed by atoms with Gasteiger partial charge in [0.05, 0.1) is 77.5 Å². The van der Waals surface area contributed by atoms with E-state index in [9.17, 15) is 57.5 Å². The molecule has 8 saturated heterocycles. The van der Waals surface area contributed by atoms with E-state index in [0.29, 0.717) is 70.7 Å². The molecule has 8 aromatic carbocycles. The third-order valence-electron chi connectivity index (χ3n) is 22.1. The van der Waals surface area contributed by atoms with Crippen LogP contribution in [-0.2, 0) is 135 Å². The van der Waals surface area contributed by atoms with Crippen LogP contribution in [0.2, 0.25) is 0 Å². The fourth-order valence-electron chi connectivity index (χ4n) is 15.3. The third kappa shape index (κ3) is 21.5. The molecule has 4 atom stereocenters. The summed E-state index contributed by atoms with van der Waals surface area (Å²) < 4.78 is 316. The van der Waals surface area contributed by atoms with Crippen LogP contribution in [0.3, 0.4) is 0 Å². The number of fused-ring (bicyclic) bond motifs is 4. The van der Waals surface area contributed by atoms with E-state index in [2.05, 4.69) is 26.6 Å². The number of imide groups is 4. The molecule has 12 aliphatic rings. The molecule has 12 amide bonds. The van der Waals surface area contributed by atoms with Gasteiger partial charge in [0.1, 0.15) is 24.1 Å². The molecule has 0 spiro atoms. The first-order valence-corrected chi connectivity index (χ1v) is 42.3. The molecular weight excluding hydrogens is 1680 g/mol. The topological polar surface area (TPSA) is 364 Å². The summed E-state index contributed by atoms with van der Waals surface area (Å²) in [6.07, 6.45) is -14.6. The molecule has 32 heteroatoms. The highest BCUT2D eigenvalue weighted by Gasteiger charge is 2.45. The summed E-state index contributed by atoms with van der Waals surface area (Å²) in [5, 5.41) is 17.9. The van der Waals surface area contributed by atoms with Crippen molar-refractivity contribution in [3.63, 3.8) is 0 Å². The number of anilines is 4. The standard InChI is InChI=1S/4C25H28N4O4/c4*30-23-9-8-22(24(31)27-23)29-16-20-19(25(29)32)6-3-7-21(20)26-14-17-4-1-2-5-18(17)15-28-10-12-33-13-11-28/h4*1-7,22,26H,8-16H2,(H,27,30,31)/i8D2,9D2,14D2,15D2,16D2,22D;8D2,9D2,14D2,15D2,16D2;14D2,15D2,16D2,22D;14D2,15D2,16D2. The van der Waals surface area contributed by atoms with Gasteiger partial charge in [-0.2, -0.15) is 0 Å². The van der Waals surface area contributed by atoms with Gasteiger partial charge in [-0.3, -0.25) is 98.4 Å². The van der Waals surface area contributed by atoms with Crippen LogP contribution in [-0.4, -0.2) is 239 Å². The minimum absolute atomic E-state index is 0.00705. The maximum Gasteiger partial charge on any atom is 0.255 e. The first-order chi connectivity index (χ1) is 77.2. The van der Waals surface area contributed by atoms with Gasteiger partial charge < -0.3 is 59.8 Å². The highest BCUT2D eigenvalue weighted by Crippen LogP contribution is 2.39. The normalized spacial score (nSPS) is 30.0. The monoisotopic (exact) mass is 1830 g/mol. The quantitative estimate of drug-likeness (QED) is 0.0270. The van der Waals surface area contributed by atoms with Crippen molar-refractivity contribution in [2.45, 2.75) is 153 Å². The Labute approximate surface area is 813 Å². The van der Waals surface area contributed by atoms with E-state index in [1.54, 1.807) is 51.5 Å². The molecule has 12 heterocycles. The summed E-state index contributed by atoms with van der Waals surface area (Å²) in [5.74, 6) is -13.6. The number of amides is 12. The molecule has 132 heavy (non-hydrogen) atoms. The van der Waals surface area contributed by atoms with Crippen LogP contribution in [0.15, 0.2) is 170 Å². The second-order valence-corrected chi connectivity index (χ2v) is 30.7. The number of nitrogens with zero attached hydrogens (tertiary/aromatic N) is 8. The van der Waals surface area contributed by atoms with Crippen molar-refractivity contribution in [3.05, 3.63) is 259 Å². The lowest BCUT2D eigenvalue weighted by atomic mass is 10.0. The molecule has 0 radical (unpaired) electrons. The van der Waals surface area contributed by atoms with Gasteiger partial charge >= 0.3 is 0 Å². The highest BCUT2D eigenvalue weighted by molar-refractivity contribution is 6.09. The predicted octanol–water partition coefficient (Wildman–Crippen LogP) is 7.57. The lowest BCUT2D eigenvalue weighted by molar-refractivity contribution is -0.138. The minimum Gasteiger partial charge on any atom is -0.381 e. The van der Waals surface area contributed by atoms with Crippen LogP contribution in [0, 0.1) is 0 Å². The van der Waals surface area contributed by atoms with Crippen molar-refractivity contribution in [3.8, 4) is 0 Å². The summed E-state index contributed by atoms with van der Waals surface area (Å²) in [6, 6.07) is 30.4. The van der Waals surface area contributed by atoms with Crippen LogP contribution < -0.4 is 42.5 Å². The molecule has 4 unspecified atom stereocenters. The molecule has 0 saturated carbocycles. The highest BCUT2D eigenvalue weighted by atomic mass is 16.5. The number of nitrogens with one attached hydrogen (secondary N) is 8. The molecular formula is C100H112N16O16. The van der Waals surface area contributed by atoms with Crippen molar-refractivity contribution in [2.75, 3.05) is 126 Å². The number of rotatable bonds is 24. The first kappa shape index (κ1) is 58.1. The maximum atomic E-state index is 13.6. The second-order valence-electron chi connectivity index (χ2n) is 30.7. The summed E-state index contributed by atoms with van der Waals surface area (Å²) in [5.41, 5.74) is -3.05. The van der Waals surface area contributed by atoms with Gasteiger partial charge in [-0.1, -0.05) is 121 Å². The van der Waals surface area contributed by atoms with Gasteiger partial charge in [-0.15, -0.1) is 0 Å². The van der Waals surface area contributed by atoms with E-state index in [0.717, 1.165) is 11.0 Å². The van der Waals surface area contributed by atoms with Crippen LogP contribution in [0.1, 0.15) is 206 Å². The molecule has 8 N–H and O–H groups in total. The number of carbonyl (C=O) groups is 12. The first-order valence-electron chi connectivity index (χ1n) is 59.3. The van der Waals surface area contributed by atoms with E-state index < -0.39 is 222 Å². The smallest absolute Gasteiger partial charge is 0.255 e. The lowest BCUT2D eigenvalue weighted by Crippen LogP contribution is -2.52. The van der Waals surface area contributed by atoms with Crippen LogP contribution >= 0.6 is 0 Å². The zero-order chi connectivity index (χ0) is 122. The zero-order valence-electron chi connectivity index (χ0n) is 105. The Morgan fingerprint density at radius 3 is 0.924 bits per heavy atom. The van der Waals surface area contributed by atoms with Crippen molar-refractivity contribution in [1.82, 2.24) is 60.5 Å². The maximum absolute atomic E-state index is 13.6. The molecule has 12 aliphatic heterocycles. The molecule has 0 aliphatic carbocycles. The van der Waals surface area contributed by atoms with Crippen molar-refractivity contribution < 1.29 is 123 Å². The average molecular weight is 1830 g/mol. The van der Waals surface area contributed by atoms with Crippen molar-refractivity contribution >= 4 is 93.6 Å². The fourth-order valence-corrected chi connectivity index (χ4v) is 15.3. The van der Waals surface area contributed by atoms with Crippen molar-refractivity contribution in [2.24, 2.45) is 0 Å². The number of hydrogen-bond donors (Lipinski definition) is 8. The fraction of sp³-hybridized carbons (Fsp3) is 0.400. The van der Waals surface area contributed by atoms with Gasteiger partial charge in [0, 0.05) is 245 Å². The molecule has 20 rings (SSSR count). The Kier molecular flexibility index (Phi) is 18.7. The Morgan fingerprint density at radius 1 is 0.303 bits per heavy atom. The number of ether oxygens (including phenoxy) is 4. The summed E-state index contributed by atoms with van der Waals surface area (Å²) in [4.78, 5) is 160. The van der Waals surface area contributed by atoms with Crippen LogP contribution in [0.25, 0.3) is 0 Å². The van der Waals surface area contributed by atoms with Gasteiger partial charge in [0.15, 0.2) is 0 Å². The van der Waals surface area contributed by atoms with Crippen LogP contribution in [0.5, 0.6) is 0 Å². The second kappa shape index (κ2) is 42.5. The molecule has 0 bridgehead atoms. The van der Waals surface area contributed by atoms with E-state index in [4.69, 9.17) is 65.6 Å². The van der Waals surface area contributed by atoms with E-state index in [-0.39, 0.29) is 164 Å². The minimum atomic E-state index is -3.73. The molecule has 8 fully saturated rings. The number of carbonyl (C=O) groups excluding carboxylic acids is 12. The number of piperidine rings is 4. The van der Waals surface area contributed by atoms with Gasteiger partial charge in [-0.25, -0.2) is 0 Å². The van der Waals surface area contributed by atoms with E-state index >= 15 is 0 Å². The predicted molar refractivity (Wildman–Crippen MR) is 489 cm³/mol. The Hall–Kier alpha value is -12.9. The Bertz CT molecular complexity index is 7470. The lowest BCUT2D eigenvalue weighted by Gasteiger charge is -2.29. The van der Waals surface area contributed by atoms with E-state index in [1.807, 2.05) is 5.32 Å². The van der Waals surface area contributed by atoms with Crippen molar-refractivity contribution in [1.29, 1.82) is 0 Å². The molecule has 8 aromatic rings. The van der Waals surface area contributed by atoms with Gasteiger partial charge in [-0.05, 0) is 119 Å². The molecule has 32 nitrogen and oxygen atoms in total. The zero-order valence-corrected chi connectivity index (χ0v) is 70.6. The Morgan fingerprint density at radius 2 is 0.576 bits per heavy atom. The largest absolute Gasteiger partial charge is 0.381 e. The summed E-state index contributed by atoms with van der Waals surface area (Å²) in [6.45, 7) is -24.7. The third-order valence-corrected chi connectivity index (χ3v) is 22.1. The number of benzene rings is 8. The van der Waals surface area contributed by atoms with E-state index in [1.165, 1.54) is 143 Å². The molecule has 0 aromatic heterocycles. The summed E-state index contributed by atoms with van der Waals surface area (Å²) in [7, 11) is 0. The average Bonchev–Trinajstić information content (AvgIpc) is 1.38. The Balaban J connectivity index is 0.000000148. The summed E-state index contributed by atoms with van der Waals surface area (Å²) >= 11 is 0. The van der Waals surface area contributed by atoms with Gasteiger partial charge in [0.2, 0.25) is 47.3 Å². The van der Waals surface area contributed by atoms with Crippen LogP contribution in [0.4, 0.5) is 22.7 Å². The SMILES string of the molecule is [2H]C([2H])(Nc1cccc2c1C([2H])([2H])N(C1([2H])C(=O)NC(=O)C([2H])([2H])C1([2H])[2H])C2=O)c1ccccc1C([2H])([2H])N1CCOCC1.[2H]C([2H])(Nc1cccc2c1C([2H])([2H])N(C1([2H])CCC(=O)NC1=O)C2=O)c1ccccc1C([2H])([2H])N1CCOCC1.[2H]C([2H])(Nc1cccc2c1C([2H])([2H])N(C1C(=O)NC(=O)C([2H])([2H])C1([2H])[2H])C2=O)c1ccccc1C([2H])([2H])N1CCOCC1.[2H]C([2H])(Nc1cccc2c1C([2H])([2H])N(C1CCC(=O)NC1=O)C2=O)c1ccccc1C([2H])([2H])N1CCOCC1. The number of morpholine rings is 4. The number of hydrogen-bond acceptors (Lipinski definition) is 24. The molecule has 688 valence electrons.